The van der Waals surface area contributed by atoms with Crippen LogP contribution in [0.3, 0.4) is 0 Å². The molecule has 0 atom stereocenters. The summed E-state index contributed by atoms with van der Waals surface area (Å²) in [7, 11) is 2.11. The van der Waals surface area contributed by atoms with E-state index in [1.807, 2.05) is 12.1 Å². The molecule has 8 nitrogen and oxygen atoms in total. The number of aliphatic imine (C=N–C) groups is 1. The molecule has 2 aliphatic rings. The molecule has 158 valence electrons. The molecule has 2 amide bonds. The minimum absolute atomic E-state index is 0.214. The van der Waals surface area contributed by atoms with Crippen LogP contribution in [0, 0.1) is 5.92 Å². The van der Waals surface area contributed by atoms with Crippen LogP contribution in [0.4, 0.5) is 10.6 Å². The second-order valence-electron chi connectivity index (χ2n) is 8.24. The van der Waals surface area contributed by atoms with Crippen molar-refractivity contribution in [2.45, 2.75) is 31.7 Å². The van der Waals surface area contributed by atoms with Crippen molar-refractivity contribution in [2.24, 2.45) is 16.6 Å². The molecular formula is C22H29N7O. The van der Waals surface area contributed by atoms with E-state index in [2.05, 4.69) is 37.5 Å². The van der Waals surface area contributed by atoms with Crippen LogP contribution >= 0.6 is 0 Å². The number of fused-ring (bicyclic) bond motifs is 1. The molecule has 3 heterocycles. The zero-order valence-corrected chi connectivity index (χ0v) is 17.3. The number of allylic oxidation sites excluding steroid dienone is 1. The molecule has 0 spiro atoms. The van der Waals surface area contributed by atoms with Gasteiger partial charge in [-0.15, -0.1) is 0 Å². The molecule has 0 bridgehead atoms. The first-order chi connectivity index (χ1) is 14.6. The second-order valence-corrected chi connectivity index (χ2v) is 8.24. The van der Waals surface area contributed by atoms with E-state index in [1.54, 1.807) is 18.5 Å². The summed E-state index contributed by atoms with van der Waals surface area (Å²) < 4.78 is 0. The van der Waals surface area contributed by atoms with Gasteiger partial charge >= 0.3 is 6.03 Å². The van der Waals surface area contributed by atoms with Gasteiger partial charge in [0.05, 0.1) is 11.0 Å². The molecule has 0 aromatic carbocycles. The van der Waals surface area contributed by atoms with Crippen molar-refractivity contribution >= 4 is 34.7 Å². The Bertz CT molecular complexity index is 959. The molecule has 2 fully saturated rings. The smallest absolute Gasteiger partial charge is 0.320 e. The van der Waals surface area contributed by atoms with Crippen LogP contribution in [-0.4, -0.2) is 59.8 Å². The Kier molecular flexibility index (Phi) is 6.23. The molecule has 0 unspecified atom stereocenters. The molecule has 4 rings (SSSR count). The van der Waals surface area contributed by atoms with Gasteiger partial charge in [0.25, 0.3) is 0 Å². The monoisotopic (exact) mass is 407 g/mol. The third-order valence-corrected chi connectivity index (χ3v) is 5.72. The number of nitrogens with zero attached hydrogens (tertiary/aromatic N) is 4. The Morgan fingerprint density at radius 1 is 1.30 bits per heavy atom. The lowest BCUT2D eigenvalue weighted by molar-refractivity contribution is 0.141. The van der Waals surface area contributed by atoms with E-state index < -0.39 is 0 Å². The van der Waals surface area contributed by atoms with Crippen LogP contribution in [0.15, 0.2) is 35.6 Å². The summed E-state index contributed by atoms with van der Waals surface area (Å²) in [5, 5.41) is 5.84. The van der Waals surface area contributed by atoms with E-state index in [0.717, 1.165) is 49.1 Å². The summed E-state index contributed by atoms with van der Waals surface area (Å²) in [6.07, 6.45) is 9.54. The first-order valence-electron chi connectivity index (χ1n) is 10.6. The summed E-state index contributed by atoms with van der Waals surface area (Å²) in [6, 6.07) is 5.58. The van der Waals surface area contributed by atoms with E-state index in [-0.39, 0.29) is 12.1 Å². The van der Waals surface area contributed by atoms with Crippen LogP contribution in [-0.2, 0) is 0 Å². The highest BCUT2D eigenvalue weighted by Crippen LogP contribution is 2.20. The highest BCUT2D eigenvalue weighted by molar-refractivity contribution is 6.10. The summed E-state index contributed by atoms with van der Waals surface area (Å²) in [5.41, 5.74) is 8.93. The molecule has 8 heteroatoms. The topological polar surface area (TPSA) is 109 Å². The Morgan fingerprint density at radius 3 is 2.83 bits per heavy atom. The lowest BCUT2D eigenvalue weighted by Crippen LogP contribution is -2.45. The maximum atomic E-state index is 12.2. The predicted molar refractivity (Wildman–Crippen MR) is 120 cm³/mol. The van der Waals surface area contributed by atoms with Crippen molar-refractivity contribution in [1.29, 1.82) is 0 Å². The van der Waals surface area contributed by atoms with E-state index in [9.17, 15) is 4.79 Å². The lowest BCUT2D eigenvalue weighted by atomic mass is 10.0. The van der Waals surface area contributed by atoms with Crippen LogP contribution in [0.25, 0.3) is 16.6 Å². The van der Waals surface area contributed by atoms with Gasteiger partial charge < -0.3 is 16.0 Å². The third-order valence-electron chi connectivity index (χ3n) is 5.72. The minimum Gasteiger partial charge on any atom is -0.404 e. The molecule has 1 saturated heterocycles. The Morgan fingerprint density at radius 2 is 2.10 bits per heavy atom. The zero-order chi connectivity index (χ0) is 20.9. The van der Waals surface area contributed by atoms with Crippen LogP contribution in [0.1, 0.15) is 31.2 Å². The fourth-order valence-corrected chi connectivity index (χ4v) is 4.10. The Balaban J connectivity index is 1.43. The third kappa shape index (κ3) is 4.94. The largest absolute Gasteiger partial charge is 0.404 e. The fourth-order valence-electron chi connectivity index (χ4n) is 4.10. The number of aromatic nitrogens is 2. The number of pyridine rings is 2. The van der Waals surface area contributed by atoms with Gasteiger partial charge in [-0.2, -0.15) is 0 Å². The van der Waals surface area contributed by atoms with Gasteiger partial charge in [-0.25, -0.2) is 9.78 Å². The number of nitrogens with one attached hydrogen (secondary N) is 2. The standard InChI is InChI=1S/C22H29N7O/c1-29-13-15(14-29)10-24-11-17(9-23)16-8-20-19(25-12-16)6-7-21(27-20)28-22(30)26-18-4-2-3-5-18/h6-9,11-12,15,18H,2-5,10,13-14,23H2,1H3,(H2,26,27,28,30). The summed E-state index contributed by atoms with van der Waals surface area (Å²) in [4.78, 5) is 28.1. The maximum absolute atomic E-state index is 12.2. The normalized spacial score (nSPS) is 18.8. The molecule has 1 saturated carbocycles. The van der Waals surface area contributed by atoms with Gasteiger partial charge in [0.1, 0.15) is 5.82 Å². The van der Waals surface area contributed by atoms with Gasteiger partial charge in [0.15, 0.2) is 0 Å². The lowest BCUT2D eigenvalue weighted by Gasteiger charge is -2.35. The number of likely N-dealkylation sites (tertiary alicyclic amines) is 1. The number of anilines is 1. The van der Waals surface area contributed by atoms with Gasteiger partial charge in [-0.3, -0.25) is 15.3 Å². The Hall–Kier alpha value is -3.00. The number of urea groups is 1. The molecule has 30 heavy (non-hydrogen) atoms. The first kappa shape index (κ1) is 20.3. The van der Waals surface area contributed by atoms with E-state index in [0.29, 0.717) is 17.3 Å². The number of hydrogen-bond acceptors (Lipinski definition) is 6. The van der Waals surface area contributed by atoms with Gasteiger partial charge in [0.2, 0.25) is 0 Å². The number of rotatable bonds is 6. The molecule has 2 aromatic rings. The summed E-state index contributed by atoms with van der Waals surface area (Å²) in [5.74, 6) is 1.11. The van der Waals surface area contributed by atoms with Crippen molar-refractivity contribution in [3.63, 3.8) is 0 Å². The molecule has 0 radical (unpaired) electrons. The van der Waals surface area contributed by atoms with Crippen molar-refractivity contribution in [3.8, 4) is 0 Å². The number of nitrogens with two attached hydrogens (primary N) is 1. The molecule has 1 aliphatic heterocycles. The highest BCUT2D eigenvalue weighted by Gasteiger charge is 2.22. The average molecular weight is 408 g/mol. The molecular weight excluding hydrogens is 378 g/mol. The van der Waals surface area contributed by atoms with E-state index in [1.165, 1.54) is 19.0 Å². The zero-order valence-electron chi connectivity index (χ0n) is 17.3. The minimum atomic E-state index is -0.214. The SMILES string of the molecule is CN1CC(CN=CC(=CN)c2cnc3ccc(NC(=O)NC4CCCC4)nc3c2)C1. The second kappa shape index (κ2) is 9.21. The highest BCUT2D eigenvalue weighted by atomic mass is 16.2. The maximum Gasteiger partial charge on any atom is 0.320 e. The quantitative estimate of drug-likeness (QED) is 0.638. The van der Waals surface area contributed by atoms with Crippen molar-refractivity contribution in [3.05, 3.63) is 36.2 Å². The van der Waals surface area contributed by atoms with E-state index >= 15 is 0 Å². The van der Waals surface area contributed by atoms with Crippen LogP contribution in [0.5, 0.6) is 0 Å². The predicted octanol–water partition coefficient (Wildman–Crippen LogP) is 2.63. The molecule has 1 aliphatic carbocycles. The molecule has 2 aromatic heterocycles. The van der Waals surface area contributed by atoms with Crippen LogP contribution in [0.2, 0.25) is 0 Å². The number of carbonyl (C=O) groups is 1. The number of carbonyl (C=O) groups excluding carboxylic acids is 1. The summed E-state index contributed by atoms with van der Waals surface area (Å²) >= 11 is 0. The van der Waals surface area contributed by atoms with E-state index in [4.69, 9.17) is 5.73 Å². The average Bonchev–Trinajstić information content (AvgIpc) is 3.22. The van der Waals surface area contributed by atoms with Crippen molar-refractivity contribution in [2.75, 3.05) is 32.0 Å². The Labute approximate surface area is 176 Å². The number of hydrogen-bond donors (Lipinski definition) is 3. The fraction of sp³-hybridized carbons (Fsp3) is 0.455. The molecule has 4 N–H and O–H groups in total. The summed E-state index contributed by atoms with van der Waals surface area (Å²) in [6.45, 7) is 2.97. The van der Waals surface area contributed by atoms with Crippen LogP contribution < -0.4 is 16.4 Å². The van der Waals surface area contributed by atoms with Crippen molar-refractivity contribution < 1.29 is 4.79 Å². The van der Waals surface area contributed by atoms with Gasteiger partial charge in [0, 0.05) is 61.3 Å². The number of amides is 2. The first-order valence-corrected chi connectivity index (χ1v) is 10.6. The van der Waals surface area contributed by atoms with Crippen molar-refractivity contribution in [1.82, 2.24) is 20.2 Å². The van der Waals surface area contributed by atoms with Gasteiger partial charge in [-0.1, -0.05) is 12.8 Å². The van der Waals surface area contributed by atoms with Gasteiger partial charge in [-0.05, 0) is 38.1 Å².